The molecule has 116 valence electrons. The van der Waals surface area contributed by atoms with E-state index < -0.39 is 26.5 Å². The zero-order valence-electron chi connectivity index (χ0n) is 11.2. The van der Waals surface area contributed by atoms with Crippen molar-refractivity contribution in [3.8, 4) is 0 Å². The fraction of sp³-hybridized carbons (Fsp3) is 0.0769. The molecule has 0 atom stereocenters. The molecule has 0 saturated heterocycles. The maximum atomic E-state index is 13.3. The summed E-state index contributed by atoms with van der Waals surface area (Å²) in [6, 6.07) is 7.09. The van der Waals surface area contributed by atoms with Crippen molar-refractivity contribution in [2.75, 3.05) is 4.72 Å². The van der Waals surface area contributed by atoms with E-state index in [-0.39, 0.29) is 15.6 Å². The molecule has 0 aromatic heterocycles. The molecule has 22 heavy (non-hydrogen) atoms. The first kappa shape index (κ1) is 16.2. The van der Waals surface area contributed by atoms with Crippen LogP contribution in [0.5, 0.6) is 0 Å². The zero-order chi connectivity index (χ0) is 16.5. The van der Waals surface area contributed by atoms with Crippen LogP contribution in [0.1, 0.15) is 5.56 Å². The second-order valence-electron chi connectivity index (χ2n) is 4.39. The number of nitro groups is 1. The summed E-state index contributed by atoms with van der Waals surface area (Å²) in [6.45, 7) is 1.53. The number of rotatable bonds is 4. The number of nitro benzene ring substituents is 1. The maximum Gasteiger partial charge on any atom is 0.306 e. The summed E-state index contributed by atoms with van der Waals surface area (Å²) >= 11 is 5.88. The topological polar surface area (TPSA) is 89.3 Å². The van der Waals surface area contributed by atoms with Crippen molar-refractivity contribution in [2.45, 2.75) is 11.8 Å². The molecule has 0 radical (unpaired) electrons. The monoisotopic (exact) mass is 344 g/mol. The smallest absolute Gasteiger partial charge is 0.279 e. The second kappa shape index (κ2) is 5.90. The first-order valence-electron chi connectivity index (χ1n) is 5.94. The third-order valence-corrected chi connectivity index (χ3v) is 4.84. The van der Waals surface area contributed by atoms with Crippen molar-refractivity contribution in [2.24, 2.45) is 0 Å². The minimum atomic E-state index is -4.00. The highest BCUT2D eigenvalue weighted by Gasteiger charge is 2.21. The van der Waals surface area contributed by atoms with Gasteiger partial charge in [-0.25, -0.2) is 8.42 Å². The Labute approximate surface area is 130 Å². The fourth-order valence-electron chi connectivity index (χ4n) is 1.81. The summed E-state index contributed by atoms with van der Waals surface area (Å²) in [4.78, 5) is 9.68. The predicted molar refractivity (Wildman–Crippen MR) is 80.1 cm³/mol. The molecule has 2 rings (SSSR count). The van der Waals surface area contributed by atoms with Gasteiger partial charge in [-0.15, -0.1) is 0 Å². The van der Waals surface area contributed by atoms with Crippen LogP contribution in [0.3, 0.4) is 0 Å². The van der Waals surface area contributed by atoms with Crippen LogP contribution in [0.2, 0.25) is 5.02 Å². The summed E-state index contributed by atoms with van der Waals surface area (Å²) in [5.74, 6) is -1.05. The first-order chi connectivity index (χ1) is 10.2. The van der Waals surface area contributed by atoms with Crippen LogP contribution in [0, 0.1) is 22.9 Å². The molecular weight excluding hydrogens is 335 g/mol. The highest BCUT2D eigenvalue weighted by molar-refractivity contribution is 7.92. The average molecular weight is 345 g/mol. The highest BCUT2D eigenvalue weighted by Crippen LogP contribution is 2.27. The van der Waals surface area contributed by atoms with Crippen LogP contribution in [0.15, 0.2) is 41.3 Å². The van der Waals surface area contributed by atoms with Gasteiger partial charge in [0, 0.05) is 11.1 Å². The highest BCUT2D eigenvalue weighted by atomic mass is 35.5. The Kier molecular flexibility index (Phi) is 4.34. The molecule has 0 amide bonds. The Morgan fingerprint density at radius 3 is 2.59 bits per heavy atom. The molecule has 1 N–H and O–H groups in total. The lowest BCUT2D eigenvalue weighted by molar-refractivity contribution is -0.387. The predicted octanol–water partition coefficient (Wildman–Crippen LogP) is 3.50. The van der Waals surface area contributed by atoms with Gasteiger partial charge in [0.05, 0.1) is 15.5 Å². The lowest BCUT2D eigenvalue weighted by atomic mass is 10.2. The first-order valence-corrected chi connectivity index (χ1v) is 7.80. The molecule has 0 saturated carbocycles. The summed E-state index contributed by atoms with van der Waals surface area (Å²) in [5, 5.41) is 11.0. The number of nitrogens with one attached hydrogen (secondary N) is 1. The minimum absolute atomic E-state index is 0.0630. The van der Waals surface area contributed by atoms with Crippen LogP contribution in [0.4, 0.5) is 15.8 Å². The second-order valence-corrected chi connectivity index (χ2v) is 6.45. The van der Waals surface area contributed by atoms with Crippen molar-refractivity contribution in [3.63, 3.8) is 0 Å². The van der Waals surface area contributed by atoms with E-state index in [1.807, 2.05) is 0 Å². The Hall–Kier alpha value is -2.19. The van der Waals surface area contributed by atoms with Gasteiger partial charge >= 0.3 is 5.69 Å². The lowest BCUT2D eigenvalue weighted by Crippen LogP contribution is -2.14. The SMILES string of the molecule is Cc1c(Cl)cccc1S(=O)(=O)Nc1ccc(F)c([N+](=O)[O-])c1. The molecule has 0 aliphatic rings. The Balaban J connectivity index is 2.43. The van der Waals surface area contributed by atoms with E-state index in [2.05, 4.69) is 4.72 Å². The number of hydrogen-bond donors (Lipinski definition) is 1. The van der Waals surface area contributed by atoms with Gasteiger partial charge in [0.25, 0.3) is 10.0 Å². The Morgan fingerprint density at radius 1 is 1.27 bits per heavy atom. The van der Waals surface area contributed by atoms with Gasteiger partial charge in [-0.05, 0) is 36.8 Å². The largest absolute Gasteiger partial charge is 0.306 e. The fourth-order valence-corrected chi connectivity index (χ4v) is 3.35. The standard InChI is InChI=1S/C13H10ClFN2O4S/c1-8-10(14)3-2-4-13(8)22(20,21)16-9-5-6-11(15)12(7-9)17(18)19/h2-7,16H,1H3. The normalized spacial score (nSPS) is 11.2. The number of nitrogens with zero attached hydrogens (tertiary/aromatic N) is 1. The Bertz CT molecular complexity index is 855. The minimum Gasteiger partial charge on any atom is -0.279 e. The van der Waals surface area contributed by atoms with E-state index in [0.717, 1.165) is 18.2 Å². The van der Waals surface area contributed by atoms with Gasteiger partial charge in [0.15, 0.2) is 0 Å². The summed E-state index contributed by atoms with van der Waals surface area (Å²) < 4.78 is 40.0. The van der Waals surface area contributed by atoms with Crippen LogP contribution in [-0.4, -0.2) is 13.3 Å². The molecule has 9 heteroatoms. The third-order valence-electron chi connectivity index (χ3n) is 2.90. The van der Waals surface area contributed by atoms with E-state index in [9.17, 15) is 22.9 Å². The van der Waals surface area contributed by atoms with Gasteiger partial charge in [-0.1, -0.05) is 17.7 Å². The molecule has 0 spiro atoms. The quantitative estimate of drug-likeness (QED) is 0.679. The molecule has 0 bridgehead atoms. The van der Waals surface area contributed by atoms with Crippen molar-refractivity contribution in [1.29, 1.82) is 0 Å². The molecule has 0 unspecified atom stereocenters. The van der Waals surface area contributed by atoms with Crippen LogP contribution in [0.25, 0.3) is 0 Å². The maximum absolute atomic E-state index is 13.3. The van der Waals surface area contributed by atoms with Gasteiger partial charge in [0.2, 0.25) is 5.82 Å². The molecule has 0 aliphatic heterocycles. The zero-order valence-corrected chi connectivity index (χ0v) is 12.8. The van der Waals surface area contributed by atoms with Crippen molar-refractivity contribution in [3.05, 3.63) is 62.9 Å². The molecule has 2 aromatic carbocycles. The number of sulfonamides is 1. The van der Waals surface area contributed by atoms with Gasteiger partial charge in [0.1, 0.15) is 0 Å². The molecule has 0 fully saturated rings. The lowest BCUT2D eigenvalue weighted by Gasteiger charge is -2.11. The molecule has 2 aromatic rings. The molecular formula is C13H10ClFN2O4S. The van der Waals surface area contributed by atoms with Crippen molar-refractivity contribution in [1.82, 2.24) is 0 Å². The molecule has 0 heterocycles. The van der Waals surface area contributed by atoms with Gasteiger partial charge < -0.3 is 0 Å². The Morgan fingerprint density at radius 2 is 1.95 bits per heavy atom. The van der Waals surface area contributed by atoms with Crippen molar-refractivity contribution < 1.29 is 17.7 Å². The van der Waals surface area contributed by atoms with Crippen LogP contribution < -0.4 is 4.72 Å². The van der Waals surface area contributed by atoms with Gasteiger partial charge in [-0.2, -0.15) is 4.39 Å². The number of halogens is 2. The number of benzene rings is 2. The van der Waals surface area contributed by atoms with E-state index in [4.69, 9.17) is 11.6 Å². The van der Waals surface area contributed by atoms with E-state index >= 15 is 0 Å². The van der Waals surface area contributed by atoms with Crippen LogP contribution in [-0.2, 0) is 10.0 Å². The molecule has 6 nitrogen and oxygen atoms in total. The summed E-state index contributed by atoms with van der Waals surface area (Å²) in [6.07, 6.45) is 0. The number of anilines is 1. The number of hydrogen-bond acceptors (Lipinski definition) is 4. The molecule has 0 aliphatic carbocycles. The average Bonchev–Trinajstić information content (AvgIpc) is 2.43. The van der Waals surface area contributed by atoms with Gasteiger partial charge in [-0.3, -0.25) is 14.8 Å². The summed E-state index contributed by atoms with van der Waals surface area (Å²) in [7, 11) is -4.00. The van der Waals surface area contributed by atoms with E-state index in [1.54, 1.807) is 6.07 Å². The van der Waals surface area contributed by atoms with E-state index in [0.29, 0.717) is 5.56 Å². The van der Waals surface area contributed by atoms with Crippen LogP contribution >= 0.6 is 11.6 Å². The van der Waals surface area contributed by atoms with E-state index in [1.165, 1.54) is 19.1 Å². The summed E-state index contributed by atoms with van der Waals surface area (Å²) in [5.41, 5.74) is -0.594. The third kappa shape index (κ3) is 3.18. The van der Waals surface area contributed by atoms with Crippen molar-refractivity contribution >= 4 is 33.0 Å².